The van der Waals surface area contributed by atoms with E-state index >= 15 is 0 Å². The van der Waals surface area contributed by atoms with Crippen LogP contribution in [0.3, 0.4) is 0 Å². The van der Waals surface area contributed by atoms with Crippen molar-refractivity contribution in [3.8, 4) is 33.4 Å². The van der Waals surface area contributed by atoms with Crippen LogP contribution in [-0.2, 0) is 0 Å². The molecule has 1 heterocycles. The Morgan fingerprint density at radius 3 is 1.46 bits per heavy atom. The minimum atomic E-state index is 1.13. The Hall–Kier alpha value is -6.48. The summed E-state index contributed by atoms with van der Waals surface area (Å²) in [5.74, 6) is 0. The van der Waals surface area contributed by atoms with Gasteiger partial charge in [-0.15, -0.1) is 11.3 Å². The maximum atomic E-state index is 2.44. The normalized spacial score (nSPS) is 11.5. The predicted molar refractivity (Wildman–Crippen MR) is 225 cm³/mol. The van der Waals surface area contributed by atoms with E-state index in [1.807, 2.05) is 11.3 Å². The van der Waals surface area contributed by atoms with Gasteiger partial charge in [-0.25, -0.2) is 0 Å². The van der Waals surface area contributed by atoms with E-state index in [-0.39, 0.29) is 0 Å². The van der Waals surface area contributed by atoms with Crippen LogP contribution in [0.15, 0.2) is 200 Å². The predicted octanol–water partition coefficient (Wildman–Crippen LogP) is 14.8. The molecule has 52 heavy (non-hydrogen) atoms. The zero-order valence-corrected chi connectivity index (χ0v) is 29.2. The topological polar surface area (TPSA) is 3.24 Å². The molecule has 1 aromatic heterocycles. The lowest BCUT2D eigenvalue weighted by molar-refractivity contribution is 1.31. The molecule has 0 unspecified atom stereocenters. The van der Waals surface area contributed by atoms with Crippen LogP contribution in [0.25, 0.3) is 75.1 Å². The molecule has 0 atom stereocenters. The Morgan fingerprint density at radius 2 is 0.788 bits per heavy atom. The van der Waals surface area contributed by atoms with Crippen molar-refractivity contribution in [2.24, 2.45) is 0 Å². The zero-order valence-electron chi connectivity index (χ0n) is 28.4. The van der Waals surface area contributed by atoms with Crippen LogP contribution in [0.1, 0.15) is 0 Å². The fourth-order valence-corrected chi connectivity index (χ4v) is 8.74. The van der Waals surface area contributed by atoms with Gasteiger partial charge in [-0.2, -0.15) is 0 Å². The molecule has 0 aliphatic rings. The van der Waals surface area contributed by atoms with Crippen molar-refractivity contribution in [3.63, 3.8) is 0 Å². The van der Waals surface area contributed by atoms with E-state index in [1.165, 1.54) is 80.8 Å². The Bertz CT molecular complexity index is 2910. The fourth-order valence-electron chi connectivity index (χ4n) is 7.61. The molecular weight excluding hydrogens is 647 g/mol. The number of benzene rings is 9. The largest absolute Gasteiger partial charge is 0.310 e. The molecule has 0 saturated carbocycles. The Kier molecular flexibility index (Phi) is 7.41. The molecular formula is C50H33NS. The first kappa shape index (κ1) is 30.4. The summed E-state index contributed by atoms with van der Waals surface area (Å²) in [5, 5.41) is 7.51. The maximum Gasteiger partial charge on any atom is 0.0554 e. The average Bonchev–Trinajstić information content (AvgIpc) is 3.61. The second kappa shape index (κ2) is 12.7. The minimum absolute atomic E-state index is 1.13. The van der Waals surface area contributed by atoms with Crippen LogP contribution in [0, 0.1) is 0 Å². The smallest absolute Gasteiger partial charge is 0.0554 e. The monoisotopic (exact) mass is 679 g/mol. The summed E-state index contributed by atoms with van der Waals surface area (Å²) >= 11 is 1.86. The number of fused-ring (bicyclic) bond motifs is 5. The molecule has 10 rings (SSSR count). The summed E-state index contributed by atoms with van der Waals surface area (Å²) < 4.78 is 2.60. The lowest BCUT2D eigenvalue weighted by Crippen LogP contribution is -2.10. The molecule has 0 amide bonds. The quantitative estimate of drug-likeness (QED) is 0.169. The second-order valence-electron chi connectivity index (χ2n) is 13.4. The highest BCUT2D eigenvalue weighted by atomic mass is 32.1. The first-order chi connectivity index (χ1) is 25.7. The van der Waals surface area contributed by atoms with Gasteiger partial charge in [0, 0.05) is 31.5 Å². The summed E-state index contributed by atoms with van der Waals surface area (Å²) in [7, 11) is 0. The van der Waals surface area contributed by atoms with Crippen molar-refractivity contribution in [1.82, 2.24) is 0 Å². The van der Waals surface area contributed by atoms with Crippen LogP contribution in [0.4, 0.5) is 17.1 Å². The van der Waals surface area contributed by atoms with Crippen LogP contribution < -0.4 is 4.90 Å². The molecule has 0 aliphatic carbocycles. The summed E-state index contributed by atoms with van der Waals surface area (Å²) in [5.41, 5.74) is 10.8. The van der Waals surface area contributed by atoms with Gasteiger partial charge in [0.2, 0.25) is 0 Å². The highest BCUT2D eigenvalue weighted by Gasteiger charge is 2.19. The van der Waals surface area contributed by atoms with E-state index in [4.69, 9.17) is 0 Å². The highest BCUT2D eigenvalue weighted by molar-refractivity contribution is 7.26. The Morgan fingerprint density at radius 1 is 0.308 bits per heavy atom. The van der Waals surface area contributed by atoms with Gasteiger partial charge in [-0.3, -0.25) is 0 Å². The van der Waals surface area contributed by atoms with Gasteiger partial charge in [0.25, 0.3) is 0 Å². The van der Waals surface area contributed by atoms with Gasteiger partial charge >= 0.3 is 0 Å². The average molecular weight is 680 g/mol. The SMILES string of the molecule is c1ccc(-c2cccc(N(c3ccc4cc(-c5ccc6cc(-c7ccccc7)ccc6c5)ccc4c3)c3cccc4sc5ccccc5c34)c2)cc1. The van der Waals surface area contributed by atoms with E-state index in [1.54, 1.807) is 0 Å². The van der Waals surface area contributed by atoms with Gasteiger partial charge < -0.3 is 4.90 Å². The van der Waals surface area contributed by atoms with Crippen molar-refractivity contribution >= 4 is 70.1 Å². The first-order valence-electron chi connectivity index (χ1n) is 17.7. The van der Waals surface area contributed by atoms with Crippen LogP contribution in [0.2, 0.25) is 0 Å². The number of nitrogens with zero attached hydrogens (tertiary/aromatic N) is 1. The Labute approximate surface area is 307 Å². The molecule has 0 aliphatic heterocycles. The summed E-state index contributed by atoms with van der Waals surface area (Å²) in [4.78, 5) is 2.44. The number of thiophene rings is 1. The zero-order chi connectivity index (χ0) is 34.4. The highest BCUT2D eigenvalue weighted by Crippen LogP contribution is 2.46. The lowest BCUT2D eigenvalue weighted by Gasteiger charge is -2.27. The third-order valence-corrected chi connectivity index (χ3v) is 11.3. The molecule has 244 valence electrons. The van der Waals surface area contributed by atoms with Gasteiger partial charge in [0.1, 0.15) is 0 Å². The second-order valence-corrected chi connectivity index (χ2v) is 14.5. The van der Waals surface area contributed by atoms with E-state index in [0.29, 0.717) is 0 Å². The van der Waals surface area contributed by atoms with Gasteiger partial charge in [0.05, 0.1) is 5.69 Å². The minimum Gasteiger partial charge on any atom is -0.310 e. The van der Waals surface area contributed by atoms with Crippen LogP contribution in [-0.4, -0.2) is 0 Å². The number of anilines is 3. The van der Waals surface area contributed by atoms with E-state index < -0.39 is 0 Å². The summed E-state index contributed by atoms with van der Waals surface area (Å²) in [6.45, 7) is 0. The van der Waals surface area contributed by atoms with Gasteiger partial charge in [-0.05, 0) is 116 Å². The molecule has 0 fully saturated rings. The number of rotatable bonds is 6. The van der Waals surface area contributed by atoms with Crippen molar-refractivity contribution in [3.05, 3.63) is 200 Å². The molecule has 0 spiro atoms. The molecule has 0 saturated heterocycles. The molecule has 1 nitrogen and oxygen atoms in total. The Balaban J connectivity index is 1.08. The van der Waals surface area contributed by atoms with E-state index in [9.17, 15) is 0 Å². The maximum absolute atomic E-state index is 2.44. The van der Waals surface area contributed by atoms with Crippen molar-refractivity contribution in [1.29, 1.82) is 0 Å². The van der Waals surface area contributed by atoms with Crippen LogP contribution in [0.5, 0.6) is 0 Å². The van der Waals surface area contributed by atoms with Crippen molar-refractivity contribution in [2.75, 3.05) is 4.90 Å². The number of hydrogen-bond acceptors (Lipinski definition) is 2. The molecule has 10 aromatic rings. The molecule has 0 radical (unpaired) electrons. The molecule has 2 heteroatoms. The van der Waals surface area contributed by atoms with E-state index in [0.717, 1.165) is 11.4 Å². The standard InChI is InChI=1S/C50H33NS/c1-3-11-34(12-4-1)36-15-9-16-44(32-36)51(47-18-10-20-49-50(47)46-17-7-8-19-48(46)52-49)45-28-27-42-31-41(25-26-43(42)33-45)40-24-23-38-29-37(21-22-39(38)30-40)35-13-5-2-6-14-35/h1-33H. The van der Waals surface area contributed by atoms with Crippen molar-refractivity contribution < 1.29 is 0 Å². The fraction of sp³-hybridized carbons (Fsp3) is 0. The molecule has 0 N–H and O–H groups in total. The van der Waals surface area contributed by atoms with Gasteiger partial charge in [-0.1, -0.05) is 140 Å². The molecule has 9 aromatic carbocycles. The lowest BCUT2D eigenvalue weighted by atomic mass is 9.96. The molecule has 0 bridgehead atoms. The number of hydrogen-bond donors (Lipinski definition) is 0. The van der Waals surface area contributed by atoms with Crippen molar-refractivity contribution in [2.45, 2.75) is 0 Å². The van der Waals surface area contributed by atoms with Gasteiger partial charge in [0.15, 0.2) is 0 Å². The summed E-state index contributed by atoms with van der Waals surface area (Å²) in [6.07, 6.45) is 0. The first-order valence-corrected chi connectivity index (χ1v) is 18.6. The summed E-state index contributed by atoms with van der Waals surface area (Å²) in [6, 6.07) is 73.0. The van der Waals surface area contributed by atoms with E-state index in [2.05, 4.69) is 205 Å². The third kappa shape index (κ3) is 5.42. The van der Waals surface area contributed by atoms with Crippen LogP contribution >= 0.6 is 11.3 Å². The third-order valence-electron chi connectivity index (χ3n) is 10.2.